The molecule has 3 aliphatic heterocycles. The van der Waals surface area contributed by atoms with Gasteiger partial charge in [-0.3, -0.25) is 19.2 Å². The number of aliphatic hydroxyl groups excluding tert-OH is 1. The SMILES string of the molecule is C=CC1C(=O)N[C@H](CC2N/C(=C\c3[nH]c(/C=C4\NC(=O)[C@H](C)[C@H]4[C@H](C)S)c(C)c3CCC(=O)O)C(CCC(=O)O)=C2C)/C1=C\O. The zero-order valence-corrected chi connectivity index (χ0v) is 26.8. The van der Waals surface area contributed by atoms with Crippen LogP contribution in [-0.4, -0.2) is 61.4 Å². The molecule has 4 rings (SSSR count). The molecule has 0 spiro atoms. The number of H-pyrrole nitrogens is 1. The number of nitrogens with one attached hydrogen (secondary N) is 4. The van der Waals surface area contributed by atoms with Crippen LogP contribution in [0.25, 0.3) is 12.2 Å². The Morgan fingerprint density at radius 1 is 1.00 bits per heavy atom. The molecule has 0 bridgehead atoms. The molecule has 0 aromatic carbocycles. The molecule has 7 N–H and O–H groups in total. The minimum atomic E-state index is -0.937. The van der Waals surface area contributed by atoms with E-state index >= 15 is 0 Å². The largest absolute Gasteiger partial charge is 0.516 e. The van der Waals surface area contributed by atoms with Crippen molar-refractivity contribution < 1.29 is 34.5 Å². The summed E-state index contributed by atoms with van der Waals surface area (Å²) in [6.07, 6.45) is 6.96. The highest BCUT2D eigenvalue weighted by Gasteiger charge is 2.39. The molecule has 45 heavy (non-hydrogen) atoms. The highest BCUT2D eigenvalue weighted by Crippen LogP contribution is 2.37. The average molecular weight is 639 g/mol. The minimum absolute atomic E-state index is 0.0771. The van der Waals surface area contributed by atoms with Crippen LogP contribution in [0.4, 0.5) is 0 Å². The van der Waals surface area contributed by atoms with Crippen LogP contribution >= 0.6 is 12.6 Å². The fourth-order valence-electron chi connectivity index (χ4n) is 6.67. The number of carbonyl (C=O) groups is 4. The summed E-state index contributed by atoms with van der Waals surface area (Å²) < 4.78 is 0. The number of aromatic amines is 1. The highest BCUT2D eigenvalue weighted by molar-refractivity contribution is 7.80. The second kappa shape index (κ2) is 13.8. The number of aromatic nitrogens is 1. The first-order valence-corrected chi connectivity index (χ1v) is 15.6. The van der Waals surface area contributed by atoms with Crippen molar-refractivity contribution in [1.82, 2.24) is 20.9 Å². The Labute approximate surface area is 268 Å². The molecule has 0 radical (unpaired) electrons. The smallest absolute Gasteiger partial charge is 0.303 e. The standard InChI is InChI=1S/C33H42N4O7S/c1-6-19-22(14-38)27(36-33(19)44)11-23-15(2)20(7-9-29(39)40)25(34-23)13-26-21(8-10-30(41)42)16(3)24(35-26)12-28-31(18(5)45)17(4)32(43)37-28/h6,12-14,17-19,23,27,31,34-35,38,45H,1,7-11H2,2-5H3,(H,36,44)(H,37,43)(H,39,40)(H,41,42)/b22-14-,25-13-,28-12-/t17-,18+,19?,23?,27-,31+/m1/s1. The number of carbonyl (C=O) groups excluding carboxylic acids is 2. The normalized spacial score (nSPS) is 28.1. The molecule has 6 atom stereocenters. The first kappa shape index (κ1) is 33.7. The molecule has 0 aliphatic carbocycles. The number of rotatable bonds is 12. The zero-order chi connectivity index (χ0) is 33.2. The Morgan fingerprint density at radius 2 is 1.67 bits per heavy atom. The van der Waals surface area contributed by atoms with Gasteiger partial charge >= 0.3 is 11.9 Å². The number of carboxylic acid groups (broad SMARTS) is 2. The zero-order valence-electron chi connectivity index (χ0n) is 25.9. The average Bonchev–Trinajstić information content (AvgIpc) is 3.63. The summed E-state index contributed by atoms with van der Waals surface area (Å²) in [4.78, 5) is 51.5. The van der Waals surface area contributed by atoms with Gasteiger partial charge in [0.25, 0.3) is 0 Å². The van der Waals surface area contributed by atoms with Crippen molar-refractivity contribution in [2.24, 2.45) is 17.8 Å². The Bertz CT molecular complexity index is 1530. The number of carboxylic acids is 2. The van der Waals surface area contributed by atoms with Crippen LogP contribution in [0, 0.1) is 24.7 Å². The molecule has 11 nitrogen and oxygen atoms in total. The molecular weight excluding hydrogens is 596 g/mol. The molecular formula is C33H42N4O7S. The Morgan fingerprint density at radius 3 is 2.27 bits per heavy atom. The first-order chi connectivity index (χ1) is 21.3. The van der Waals surface area contributed by atoms with Gasteiger partial charge in [0.2, 0.25) is 11.8 Å². The van der Waals surface area contributed by atoms with Crippen molar-refractivity contribution in [2.45, 2.75) is 77.1 Å². The van der Waals surface area contributed by atoms with E-state index in [0.717, 1.165) is 39.9 Å². The Balaban J connectivity index is 1.75. The predicted octanol–water partition coefficient (Wildman–Crippen LogP) is 4.01. The second-order valence-electron chi connectivity index (χ2n) is 12.0. The van der Waals surface area contributed by atoms with E-state index in [2.05, 4.69) is 40.1 Å². The van der Waals surface area contributed by atoms with Crippen LogP contribution < -0.4 is 16.0 Å². The Hall–Kier alpha value is -4.19. The summed E-state index contributed by atoms with van der Waals surface area (Å²) >= 11 is 4.61. The fourth-order valence-corrected chi connectivity index (χ4v) is 7.09. The van der Waals surface area contributed by atoms with Crippen molar-refractivity contribution in [3.8, 4) is 0 Å². The Kier molecular flexibility index (Phi) is 10.4. The summed E-state index contributed by atoms with van der Waals surface area (Å²) in [6.45, 7) is 11.3. The lowest BCUT2D eigenvalue weighted by Gasteiger charge is -2.20. The van der Waals surface area contributed by atoms with Crippen LogP contribution in [0.5, 0.6) is 0 Å². The molecule has 2 unspecified atom stereocenters. The topological polar surface area (TPSA) is 181 Å². The summed E-state index contributed by atoms with van der Waals surface area (Å²) in [5.74, 6) is -3.19. The second-order valence-corrected chi connectivity index (χ2v) is 12.9. The van der Waals surface area contributed by atoms with Crippen LogP contribution in [0.15, 0.2) is 47.0 Å². The lowest BCUT2D eigenvalue weighted by atomic mass is 9.91. The van der Waals surface area contributed by atoms with Crippen molar-refractivity contribution in [2.75, 3.05) is 0 Å². The molecule has 4 heterocycles. The molecule has 0 saturated carbocycles. The number of hydrogen-bond donors (Lipinski definition) is 8. The van der Waals surface area contributed by atoms with E-state index in [4.69, 9.17) is 0 Å². The summed E-state index contributed by atoms with van der Waals surface area (Å²) in [7, 11) is 0. The highest BCUT2D eigenvalue weighted by atomic mass is 32.1. The molecule has 1 aromatic heterocycles. The first-order valence-electron chi connectivity index (χ1n) is 15.1. The molecule has 242 valence electrons. The third kappa shape index (κ3) is 7.06. The van der Waals surface area contributed by atoms with Gasteiger partial charge in [0.1, 0.15) is 0 Å². The third-order valence-corrected chi connectivity index (χ3v) is 9.51. The predicted molar refractivity (Wildman–Crippen MR) is 174 cm³/mol. The van der Waals surface area contributed by atoms with E-state index in [-0.39, 0.29) is 60.6 Å². The summed E-state index contributed by atoms with van der Waals surface area (Å²) in [5.41, 5.74) is 6.74. The van der Waals surface area contributed by atoms with Crippen LogP contribution in [0.1, 0.15) is 69.0 Å². The third-order valence-electron chi connectivity index (χ3n) is 9.19. The molecule has 2 fully saturated rings. The van der Waals surface area contributed by atoms with E-state index in [9.17, 15) is 34.5 Å². The van der Waals surface area contributed by atoms with E-state index in [1.54, 1.807) is 0 Å². The minimum Gasteiger partial charge on any atom is -0.516 e. The number of thiol groups is 1. The van der Waals surface area contributed by atoms with Gasteiger partial charge in [0.05, 0.1) is 18.2 Å². The molecule has 12 heteroatoms. The summed E-state index contributed by atoms with van der Waals surface area (Å²) in [5, 5.41) is 38.1. The lowest BCUT2D eigenvalue weighted by Crippen LogP contribution is -2.35. The van der Waals surface area contributed by atoms with Crippen LogP contribution in [-0.2, 0) is 25.6 Å². The van der Waals surface area contributed by atoms with Gasteiger partial charge < -0.3 is 36.3 Å². The van der Waals surface area contributed by atoms with E-state index in [1.807, 2.05) is 39.8 Å². The number of allylic oxidation sites excluding steroid dienone is 2. The van der Waals surface area contributed by atoms with Gasteiger partial charge in [-0.2, -0.15) is 12.6 Å². The van der Waals surface area contributed by atoms with Gasteiger partial charge in [0, 0.05) is 64.3 Å². The van der Waals surface area contributed by atoms with Gasteiger partial charge in [-0.15, -0.1) is 6.58 Å². The molecule has 2 amide bonds. The molecule has 2 saturated heterocycles. The number of amides is 2. The lowest BCUT2D eigenvalue weighted by molar-refractivity contribution is -0.138. The quantitative estimate of drug-likeness (QED) is 0.0961. The van der Waals surface area contributed by atoms with Gasteiger partial charge in [-0.05, 0) is 67.5 Å². The molecule has 1 aromatic rings. The van der Waals surface area contributed by atoms with Gasteiger partial charge in [-0.1, -0.05) is 19.9 Å². The maximum absolute atomic E-state index is 12.5. The maximum atomic E-state index is 12.5. The van der Waals surface area contributed by atoms with E-state index in [1.165, 1.54) is 6.08 Å². The van der Waals surface area contributed by atoms with Gasteiger partial charge in [0.15, 0.2) is 0 Å². The van der Waals surface area contributed by atoms with Crippen LogP contribution in [0.2, 0.25) is 0 Å². The van der Waals surface area contributed by atoms with Crippen molar-refractivity contribution in [1.29, 1.82) is 0 Å². The van der Waals surface area contributed by atoms with E-state index < -0.39 is 23.9 Å². The van der Waals surface area contributed by atoms with Crippen molar-refractivity contribution in [3.63, 3.8) is 0 Å². The van der Waals surface area contributed by atoms with Crippen molar-refractivity contribution in [3.05, 3.63) is 69.5 Å². The van der Waals surface area contributed by atoms with Crippen LogP contribution in [0.3, 0.4) is 0 Å². The maximum Gasteiger partial charge on any atom is 0.303 e. The number of aliphatic hydroxyl groups is 1. The van der Waals surface area contributed by atoms with Gasteiger partial charge in [-0.25, -0.2) is 0 Å². The molecule has 3 aliphatic rings. The number of hydrogen-bond acceptors (Lipinski definition) is 7. The van der Waals surface area contributed by atoms with Crippen molar-refractivity contribution >= 4 is 48.5 Å². The number of aliphatic carboxylic acids is 2. The monoisotopic (exact) mass is 638 g/mol. The van der Waals surface area contributed by atoms with E-state index in [0.29, 0.717) is 23.4 Å². The fraction of sp³-hybridized carbons (Fsp3) is 0.455. The summed E-state index contributed by atoms with van der Waals surface area (Å²) in [6, 6.07) is -0.710.